The Bertz CT molecular complexity index is 277. The van der Waals surface area contributed by atoms with Crippen molar-refractivity contribution in [3.05, 3.63) is 35.4 Å². The second-order valence-electron chi connectivity index (χ2n) is 3.18. The van der Waals surface area contributed by atoms with Crippen LogP contribution in [-0.2, 0) is 0 Å². The fraction of sp³-hybridized carbons (Fsp3) is 0.455. The summed E-state index contributed by atoms with van der Waals surface area (Å²) in [6.07, 6.45) is 1.78. The van der Waals surface area contributed by atoms with Gasteiger partial charge in [-0.3, -0.25) is 0 Å². The third-order valence-electron chi connectivity index (χ3n) is 2.39. The van der Waals surface area contributed by atoms with Gasteiger partial charge in [-0.2, -0.15) is 0 Å². The molecule has 0 saturated carbocycles. The van der Waals surface area contributed by atoms with Crippen molar-refractivity contribution in [3.63, 3.8) is 0 Å². The number of hydrogen-bond donors (Lipinski definition) is 0. The van der Waals surface area contributed by atoms with Crippen LogP contribution in [0.1, 0.15) is 38.2 Å². The molecule has 1 rings (SSSR count). The van der Waals surface area contributed by atoms with Gasteiger partial charge in [-0.25, -0.2) is 8.78 Å². The first-order chi connectivity index (χ1) is 6.19. The van der Waals surface area contributed by atoms with E-state index in [2.05, 4.69) is 0 Å². The number of benzene rings is 1. The fourth-order valence-electron chi connectivity index (χ4n) is 1.56. The maximum atomic E-state index is 13.2. The monoisotopic (exact) mass is 184 g/mol. The first-order valence-electron chi connectivity index (χ1n) is 4.64. The van der Waals surface area contributed by atoms with Crippen LogP contribution in [0.5, 0.6) is 0 Å². The topological polar surface area (TPSA) is 0 Å². The second kappa shape index (κ2) is 4.35. The van der Waals surface area contributed by atoms with Crippen molar-refractivity contribution in [1.29, 1.82) is 0 Å². The van der Waals surface area contributed by atoms with Crippen molar-refractivity contribution in [2.24, 2.45) is 0 Å². The molecule has 0 radical (unpaired) electrons. The highest BCUT2D eigenvalue weighted by molar-refractivity contribution is 5.22. The average Bonchev–Trinajstić information content (AvgIpc) is 2.10. The third-order valence-corrected chi connectivity index (χ3v) is 2.39. The summed E-state index contributed by atoms with van der Waals surface area (Å²) in [6.45, 7) is 4.02. The molecule has 0 nitrogen and oxygen atoms in total. The quantitative estimate of drug-likeness (QED) is 0.669. The van der Waals surface area contributed by atoms with Crippen LogP contribution in [0.25, 0.3) is 0 Å². The summed E-state index contributed by atoms with van der Waals surface area (Å²) in [5.74, 6) is -0.721. The van der Waals surface area contributed by atoms with Crippen LogP contribution in [-0.4, -0.2) is 0 Å². The zero-order valence-electron chi connectivity index (χ0n) is 7.98. The Morgan fingerprint density at radius 2 is 1.77 bits per heavy atom. The molecule has 0 saturated heterocycles. The molecule has 0 aromatic heterocycles. The van der Waals surface area contributed by atoms with Crippen LogP contribution in [0, 0.1) is 11.6 Å². The van der Waals surface area contributed by atoms with Gasteiger partial charge < -0.3 is 0 Å². The molecular weight excluding hydrogens is 170 g/mol. The van der Waals surface area contributed by atoms with Gasteiger partial charge in [0.05, 0.1) is 0 Å². The number of hydrogen-bond acceptors (Lipinski definition) is 0. The minimum absolute atomic E-state index is 0.209. The van der Waals surface area contributed by atoms with Crippen molar-refractivity contribution >= 4 is 0 Å². The zero-order valence-corrected chi connectivity index (χ0v) is 7.98. The summed E-state index contributed by atoms with van der Waals surface area (Å²) in [7, 11) is 0. The van der Waals surface area contributed by atoms with Crippen molar-refractivity contribution < 1.29 is 8.78 Å². The molecule has 0 heterocycles. The first kappa shape index (κ1) is 10.2. The lowest BCUT2D eigenvalue weighted by molar-refractivity contribution is 0.539. The Labute approximate surface area is 77.6 Å². The van der Waals surface area contributed by atoms with Crippen LogP contribution in [0.15, 0.2) is 18.2 Å². The predicted octanol–water partition coefficient (Wildman–Crippen LogP) is 3.87. The van der Waals surface area contributed by atoms with Gasteiger partial charge in [-0.15, -0.1) is 0 Å². The van der Waals surface area contributed by atoms with Gasteiger partial charge in [-0.1, -0.05) is 19.9 Å². The van der Waals surface area contributed by atoms with Crippen molar-refractivity contribution in [2.75, 3.05) is 0 Å². The Balaban J connectivity index is 2.99. The molecule has 0 fully saturated rings. The Morgan fingerprint density at radius 1 is 1.15 bits per heavy atom. The fourth-order valence-corrected chi connectivity index (χ4v) is 1.56. The summed E-state index contributed by atoms with van der Waals surface area (Å²) in [5.41, 5.74) is 0.631. The molecule has 1 aromatic rings. The molecule has 0 aliphatic carbocycles. The summed E-state index contributed by atoms with van der Waals surface area (Å²) >= 11 is 0. The number of halogens is 2. The van der Waals surface area contributed by atoms with Gasteiger partial charge in [0.1, 0.15) is 11.6 Å². The molecule has 72 valence electrons. The zero-order chi connectivity index (χ0) is 9.84. The lowest BCUT2D eigenvalue weighted by Crippen LogP contribution is -1.99. The molecule has 0 aliphatic heterocycles. The average molecular weight is 184 g/mol. The summed E-state index contributed by atoms with van der Waals surface area (Å²) in [6, 6.07) is 3.81. The van der Waals surface area contributed by atoms with E-state index in [9.17, 15) is 8.78 Å². The van der Waals surface area contributed by atoms with E-state index in [0.29, 0.717) is 5.56 Å². The molecule has 0 unspecified atom stereocenters. The smallest absolute Gasteiger partial charge is 0.129 e. The SMILES string of the molecule is CCC(CC)c1ccc(F)cc1F. The standard InChI is InChI=1S/C11H14F2/c1-3-8(4-2)10-6-5-9(12)7-11(10)13/h5-8H,3-4H2,1-2H3. The lowest BCUT2D eigenvalue weighted by atomic mass is 9.93. The van der Waals surface area contributed by atoms with Crippen molar-refractivity contribution in [1.82, 2.24) is 0 Å². The summed E-state index contributed by atoms with van der Waals surface area (Å²) in [4.78, 5) is 0. The van der Waals surface area contributed by atoms with Gasteiger partial charge >= 0.3 is 0 Å². The highest BCUT2D eigenvalue weighted by atomic mass is 19.1. The number of rotatable bonds is 3. The van der Waals surface area contributed by atoms with Gasteiger partial charge in [0.25, 0.3) is 0 Å². The van der Waals surface area contributed by atoms with Gasteiger partial charge in [0.2, 0.25) is 0 Å². The van der Waals surface area contributed by atoms with Crippen LogP contribution in [0.3, 0.4) is 0 Å². The molecule has 0 N–H and O–H groups in total. The van der Waals surface area contributed by atoms with Crippen molar-refractivity contribution in [3.8, 4) is 0 Å². The third kappa shape index (κ3) is 2.27. The highest BCUT2D eigenvalue weighted by Crippen LogP contribution is 2.25. The van der Waals surface area contributed by atoms with E-state index in [1.54, 1.807) is 6.07 Å². The largest absolute Gasteiger partial charge is 0.207 e. The summed E-state index contributed by atoms with van der Waals surface area (Å²) < 4.78 is 25.8. The van der Waals surface area contributed by atoms with E-state index < -0.39 is 11.6 Å². The maximum Gasteiger partial charge on any atom is 0.129 e. The van der Waals surface area contributed by atoms with Crippen molar-refractivity contribution in [2.45, 2.75) is 32.6 Å². The molecule has 13 heavy (non-hydrogen) atoms. The van der Waals surface area contributed by atoms with Crippen LogP contribution >= 0.6 is 0 Å². The van der Waals surface area contributed by atoms with Crippen LogP contribution < -0.4 is 0 Å². The van der Waals surface area contributed by atoms with E-state index in [1.165, 1.54) is 6.07 Å². The van der Waals surface area contributed by atoms with Crippen LogP contribution in [0.2, 0.25) is 0 Å². The molecule has 0 spiro atoms. The first-order valence-corrected chi connectivity index (χ1v) is 4.64. The van der Waals surface area contributed by atoms with Gasteiger partial charge in [0, 0.05) is 6.07 Å². The molecule has 0 atom stereocenters. The molecule has 1 aromatic carbocycles. The van der Waals surface area contributed by atoms with E-state index in [4.69, 9.17) is 0 Å². The summed E-state index contributed by atoms with van der Waals surface area (Å²) in [5, 5.41) is 0. The second-order valence-corrected chi connectivity index (χ2v) is 3.18. The Kier molecular flexibility index (Phi) is 3.40. The van der Waals surface area contributed by atoms with E-state index in [1.807, 2.05) is 13.8 Å². The molecule has 0 amide bonds. The van der Waals surface area contributed by atoms with Gasteiger partial charge in [0.15, 0.2) is 0 Å². The Hall–Kier alpha value is -0.920. The lowest BCUT2D eigenvalue weighted by Gasteiger charge is -2.13. The maximum absolute atomic E-state index is 13.2. The van der Waals surface area contributed by atoms with E-state index >= 15 is 0 Å². The molecular formula is C11H14F2. The predicted molar refractivity (Wildman–Crippen MR) is 49.7 cm³/mol. The van der Waals surface area contributed by atoms with Crippen LogP contribution in [0.4, 0.5) is 8.78 Å². The molecule has 0 aliphatic rings. The Morgan fingerprint density at radius 3 is 2.23 bits per heavy atom. The molecule has 2 heteroatoms. The van der Waals surface area contributed by atoms with E-state index in [-0.39, 0.29) is 5.92 Å². The highest BCUT2D eigenvalue weighted by Gasteiger charge is 2.12. The normalized spacial score (nSPS) is 10.8. The minimum Gasteiger partial charge on any atom is -0.207 e. The van der Waals surface area contributed by atoms with E-state index in [0.717, 1.165) is 18.9 Å². The minimum atomic E-state index is -0.507. The molecule has 0 bridgehead atoms. The van der Waals surface area contributed by atoms with Gasteiger partial charge in [-0.05, 0) is 30.4 Å².